The highest BCUT2D eigenvalue weighted by Gasteiger charge is 2.48. The number of alkyl carbamates (subject to hydrolysis) is 1. The molecule has 5 heteroatoms. The lowest BCUT2D eigenvalue weighted by molar-refractivity contribution is -0.140. The fraction of sp³-hybridized carbons (Fsp3) is 0.857. The number of rotatable bonds is 4. The van der Waals surface area contributed by atoms with E-state index in [4.69, 9.17) is 9.84 Å². The molecule has 0 radical (unpaired) electrons. The van der Waals surface area contributed by atoms with Crippen molar-refractivity contribution < 1.29 is 19.4 Å². The van der Waals surface area contributed by atoms with Crippen LogP contribution in [0.4, 0.5) is 4.79 Å². The van der Waals surface area contributed by atoms with Gasteiger partial charge in [-0.2, -0.15) is 0 Å². The molecule has 19 heavy (non-hydrogen) atoms. The van der Waals surface area contributed by atoms with Gasteiger partial charge in [0.2, 0.25) is 0 Å². The largest absolute Gasteiger partial charge is 0.481 e. The van der Waals surface area contributed by atoms with Crippen LogP contribution in [0.5, 0.6) is 0 Å². The second kappa shape index (κ2) is 5.39. The monoisotopic (exact) mass is 271 g/mol. The van der Waals surface area contributed by atoms with Gasteiger partial charge in [0.15, 0.2) is 0 Å². The molecule has 0 aromatic heterocycles. The molecule has 0 unspecified atom stereocenters. The first-order valence-corrected chi connectivity index (χ1v) is 6.76. The smallest absolute Gasteiger partial charge is 0.408 e. The molecule has 0 aromatic rings. The summed E-state index contributed by atoms with van der Waals surface area (Å²) in [6.45, 7) is 9.59. The maximum Gasteiger partial charge on any atom is 0.408 e. The Balaban J connectivity index is 2.63. The molecule has 0 aliphatic heterocycles. The van der Waals surface area contributed by atoms with Crippen LogP contribution in [0.2, 0.25) is 0 Å². The first-order chi connectivity index (χ1) is 8.53. The standard InChI is InChI=1S/C14H25NO4/c1-9(2)10-6-14(7-10,8-11(16)17)15-12(18)19-13(3,4)5/h9-10H,6-8H2,1-5H3,(H,15,18)(H,16,17). The van der Waals surface area contributed by atoms with Crippen molar-refractivity contribution >= 4 is 12.1 Å². The fourth-order valence-corrected chi connectivity index (χ4v) is 2.52. The van der Waals surface area contributed by atoms with Crippen LogP contribution in [0.3, 0.4) is 0 Å². The van der Waals surface area contributed by atoms with Gasteiger partial charge < -0.3 is 15.2 Å². The number of amides is 1. The summed E-state index contributed by atoms with van der Waals surface area (Å²) >= 11 is 0. The molecule has 1 fully saturated rings. The van der Waals surface area contributed by atoms with E-state index in [2.05, 4.69) is 19.2 Å². The average molecular weight is 271 g/mol. The molecule has 0 saturated heterocycles. The van der Waals surface area contributed by atoms with E-state index in [1.807, 2.05) is 0 Å². The summed E-state index contributed by atoms with van der Waals surface area (Å²) in [7, 11) is 0. The predicted octanol–water partition coefficient (Wildman–Crippen LogP) is 2.79. The van der Waals surface area contributed by atoms with E-state index in [0.717, 1.165) is 0 Å². The number of nitrogens with one attached hydrogen (secondary N) is 1. The summed E-state index contributed by atoms with van der Waals surface area (Å²) < 4.78 is 5.20. The van der Waals surface area contributed by atoms with Gasteiger partial charge in [-0.25, -0.2) is 4.79 Å². The van der Waals surface area contributed by atoms with Crippen molar-refractivity contribution in [3.63, 3.8) is 0 Å². The molecular formula is C14H25NO4. The van der Waals surface area contributed by atoms with Crippen LogP contribution in [0.15, 0.2) is 0 Å². The minimum atomic E-state index is -0.890. The molecule has 5 nitrogen and oxygen atoms in total. The summed E-state index contributed by atoms with van der Waals surface area (Å²) in [5.41, 5.74) is -1.21. The van der Waals surface area contributed by atoms with Gasteiger partial charge in [-0.3, -0.25) is 4.79 Å². The van der Waals surface area contributed by atoms with Crippen LogP contribution in [0.25, 0.3) is 0 Å². The molecule has 110 valence electrons. The molecular weight excluding hydrogens is 246 g/mol. The molecule has 1 amide bonds. The summed E-state index contributed by atoms with van der Waals surface area (Å²) in [5, 5.41) is 11.8. The highest BCUT2D eigenvalue weighted by molar-refractivity contribution is 5.73. The van der Waals surface area contributed by atoms with E-state index in [1.165, 1.54) is 0 Å². The van der Waals surface area contributed by atoms with Crippen molar-refractivity contribution in [2.24, 2.45) is 11.8 Å². The normalized spacial score (nSPS) is 26.7. The van der Waals surface area contributed by atoms with Gasteiger partial charge in [0, 0.05) is 0 Å². The number of carbonyl (C=O) groups is 2. The van der Waals surface area contributed by atoms with Gasteiger partial charge in [-0.05, 0) is 45.4 Å². The number of carboxylic acid groups (broad SMARTS) is 1. The topological polar surface area (TPSA) is 75.6 Å². The lowest BCUT2D eigenvalue weighted by Gasteiger charge is -2.49. The zero-order valence-electron chi connectivity index (χ0n) is 12.4. The molecule has 1 saturated carbocycles. The van der Waals surface area contributed by atoms with Crippen LogP contribution in [-0.2, 0) is 9.53 Å². The zero-order valence-corrected chi connectivity index (χ0v) is 12.4. The molecule has 0 heterocycles. The molecule has 0 atom stereocenters. The maximum atomic E-state index is 11.8. The fourth-order valence-electron chi connectivity index (χ4n) is 2.52. The number of carboxylic acids is 1. The number of ether oxygens (including phenoxy) is 1. The Morgan fingerprint density at radius 3 is 2.26 bits per heavy atom. The van der Waals surface area contributed by atoms with E-state index in [-0.39, 0.29) is 6.42 Å². The van der Waals surface area contributed by atoms with Crippen molar-refractivity contribution in [3.8, 4) is 0 Å². The third-order valence-corrected chi connectivity index (χ3v) is 3.50. The van der Waals surface area contributed by atoms with Gasteiger partial charge in [0.05, 0.1) is 12.0 Å². The van der Waals surface area contributed by atoms with Crippen LogP contribution in [0, 0.1) is 11.8 Å². The van der Waals surface area contributed by atoms with Gasteiger partial charge in [-0.1, -0.05) is 13.8 Å². The Hall–Kier alpha value is -1.26. The van der Waals surface area contributed by atoms with E-state index in [0.29, 0.717) is 24.7 Å². The molecule has 1 rings (SSSR count). The Labute approximate surface area is 114 Å². The quantitative estimate of drug-likeness (QED) is 0.824. The Kier molecular flexibility index (Phi) is 4.48. The minimum absolute atomic E-state index is 0.0462. The Bertz CT molecular complexity index is 351. The van der Waals surface area contributed by atoms with E-state index >= 15 is 0 Å². The minimum Gasteiger partial charge on any atom is -0.481 e. The Morgan fingerprint density at radius 1 is 1.37 bits per heavy atom. The molecule has 1 aliphatic rings. The second-order valence-electron chi connectivity index (χ2n) is 6.89. The second-order valence-corrected chi connectivity index (χ2v) is 6.89. The number of hydrogen-bond acceptors (Lipinski definition) is 3. The van der Waals surface area contributed by atoms with Gasteiger partial charge in [-0.15, -0.1) is 0 Å². The van der Waals surface area contributed by atoms with Crippen LogP contribution in [0.1, 0.15) is 53.9 Å². The molecule has 0 spiro atoms. The third kappa shape index (κ3) is 4.73. The molecule has 1 aliphatic carbocycles. The summed E-state index contributed by atoms with van der Waals surface area (Å²) in [6.07, 6.45) is 0.831. The predicted molar refractivity (Wildman–Crippen MR) is 71.9 cm³/mol. The first kappa shape index (κ1) is 15.8. The van der Waals surface area contributed by atoms with E-state index < -0.39 is 23.2 Å². The summed E-state index contributed by atoms with van der Waals surface area (Å²) in [5.74, 6) is 0.0786. The average Bonchev–Trinajstić information content (AvgIpc) is 2.07. The SMILES string of the molecule is CC(C)C1CC(CC(=O)O)(NC(=O)OC(C)(C)C)C1. The summed E-state index contributed by atoms with van der Waals surface area (Å²) in [6, 6.07) is 0. The van der Waals surface area contributed by atoms with E-state index in [1.54, 1.807) is 20.8 Å². The molecule has 0 aromatic carbocycles. The molecule has 2 N–H and O–H groups in total. The number of aliphatic carboxylic acids is 1. The van der Waals surface area contributed by atoms with Crippen molar-refractivity contribution in [3.05, 3.63) is 0 Å². The van der Waals surface area contributed by atoms with Crippen molar-refractivity contribution in [2.75, 3.05) is 0 Å². The van der Waals surface area contributed by atoms with Gasteiger partial charge in [0.1, 0.15) is 5.60 Å². The van der Waals surface area contributed by atoms with Crippen molar-refractivity contribution in [1.29, 1.82) is 0 Å². The molecule has 0 bridgehead atoms. The number of hydrogen-bond donors (Lipinski definition) is 2. The van der Waals surface area contributed by atoms with Crippen LogP contribution >= 0.6 is 0 Å². The summed E-state index contributed by atoms with van der Waals surface area (Å²) in [4.78, 5) is 22.8. The Morgan fingerprint density at radius 2 is 1.89 bits per heavy atom. The lowest BCUT2D eigenvalue weighted by Crippen LogP contribution is -2.60. The van der Waals surface area contributed by atoms with Crippen molar-refractivity contribution in [2.45, 2.75) is 65.0 Å². The van der Waals surface area contributed by atoms with Crippen LogP contribution < -0.4 is 5.32 Å². The van der Waals surface area contributed by atoms with Gasteiger partial charge >= 0.3 is 12.1 Å². The third-order valence-electron chi connectivity index (χ3n) is 3.50. The highest BCUT2D eigenvalue weighted by Crippen LogP contribution is 2.44. The first-order valence-electron chi connectivity index (χ1n) is 6.76. The highest BCUT2D eigenvalue weighted by atomic mass is 16.6. The van der Waals surface area contributed by atoms with Crippen LogP contribution in [-0.4, -0.2) is 28.3 Å². The lowest BCUT2D eigenvalue weighted by atomic mass is 9.62. The number of carbonyl (C=O) groups excluding carboxylic acids is 1. The van der Waals surface area contributed by atoms with Crippen molar-refractivity contribution in [1.82, 2.24) is 5.32 Å². The van der Waals surface area contributed by atoms with Gasteiger partial charge in [0.25, 0.3) is 0 Å². The zero-order chi connectivity index (χ0) is 14.8. The maximum absolute atomic E-state index is 11.8. The van der Waals surface area contributed by atoms with E-state index in [9.17, 15) is 9.59 Å².